The predicted molar refractivity (Wildman–Crippen MR) is 135 cm³/mol. The fourth-order valence-electron chi connectivity index (χ4n) is 4.62. The minimum absolute atomic E-state index is 0.0149. The number of carbonyl (C=O) groups excluding carboxylic acids is 2. The number of hydrogen-bond donors (Lipinski definition) is 1. The van der Waals surface area contributed by atoms with Gasteiger partial charge in [-0.15, -0.1) is 5.10 Å². The van der Waals surface area contributed by atoms with Gasteiger partial charge in [-0.3, -0.25) is 24.0 Å². The van der Waals surface area contributed by atoms with Crippen LogP contribution in [-0.2, 0) is 20.9 Å². The smallest absolute Gasteiger partial charge is 0.303 e. The van der Waals surface area contributed by atoms with Crippen molar-refractivity contribution in [2.24, 2.45) is 5.92 Å². The number of piperidine rings is 1. The maximum atomic E-state index is 14.8. The standard InChI is InChI=1S/C26H31FN4O4S/c1-17(32)36-23-11-13-30(25(26(35)18-9-10-18)21-6-2-3-7-22(21)27)15-19(23)14-20-16-31(29-28-20)12-5-4-8-24(33)34/h2-3,6-7,14,16,18,23,25H,4-5,8-13,15H2,1H3,(H,33,34)/b19-14+. The molecule has 2 unspecified atom stereocenters. The first kappa shape index (κ1) is 26.2. The van der Waals surface area contributed by atoms with Crippen molar-refractivity contribution in [1.29, 1.82) is 0 Å². The maximum Gasteiger partial charge on any atom is 0.303 e. The summed E-state index contributed by atoms with van der Waals surface area (Å²) >= 11 is 1.27. The predicted octanol–water partition coefficient (Wildman–Crippen LogP) is 4.13. The number of hydrogen-bond acceptors (Lipinski definition) is 7. The first-order chi connectivity index (χ1) is 17.3. The number of carboxylic acid groups (broad SMARTS) is 1. The summed E-state index contributed by atoms with van der Waals surface area (Å²) in [6, 6.07) is 5.82. The lowest BCUT2D eigenvalue weighted by Crippen LogP contribution is -2.43. The molecule has 2 fully saturated rings. The minimum Gasteiger partial charge on any atom is -0.481 e. The number of aryl methyl sites for hydroxylation is 1. The van der Waals surface area contributed by atoms with E-state index in [9.17, 15) is 18.8 Å². The van der Waals surface area contributed by atoms with Crippen LogP contribution in [-0.4, -0.2) is 60.2 Å². The Kier molecular flexibility index (Phi) is 8.68. The number of aliphatic carboxylic acids is 1. The summed E-state index contributed by atoms with van der Waals surface area (Å²) in [6.45, 7) is 3.11. The van der Waals surface area contributed by atoms with Crippen LogP contribution in [0.2, 0.25) is 0 Å². The molecule has 1 aliphatic heterocycles. The SMILES string of the molecule is CC(=O)SC1CCN(C(C(=O)C2CC2)c2ccccc2F)C/C1=C\c1cn(CCCCC(=O)O)nn1. The van der Waals surface area contributed by atoms with Gasteiger partial charge in [0.1, 0.15) is 11.5 Å². The van der Waals surface area contributed by atoms with Gasteiger partial charge in [-0.25, -0.2) is 4.39 Å². The van der Waals surface area contributed by atoms with Crippen molar-refractivity contribution in [3.8, 4) is 0 Å². The van der Waals surface area contributed by atoms with E-state index in [-0.39, 0.29) is 34.3 Å². The summed E-state index contributed by atoms with van der Waals surface area (Å²) in [5, 5.41) is 17.1. The van der Waals surface area contributed by atoms with Crippen LogP contribution in [0.1, 0.15) is 62.7 Å². The van der Waals surface area contributed by atoms with Gasteiger partial charge in [0.2, 0.25) is 0 Å². The number of thioether (sulfide) groups is 1. The van der Waals surface area contributed by atoms with Gasteiger partial charge in [0.25, 0.3) is 0 Å². The fraction of sp³-hybridized carbons (Fsp3) is 0.500. The lowest BCUT2D eigenvalue weighted by molar-refractivity contribution is -0.137. The average Bonchev–Trinajstić information content (AvgIpc) is 3.59. The highest BCUT2D eigenvalue weighted by molar-refractivity contribution is 8.14. The van der Waals surface area contributed by atoms with Gasteiger partial charge in [0.05, 0.1) is 12.2 Å². The third-order valence-corrected chi connectivity index (χ3v) is 7.67. The highest BCUT2D eigenvalue weighted by atomic mass is 32.2. The molecule has 0 amide bonds. The van der Waals surface area contributed by atoms with Crippen molar-refractivity contribution in [3.63, 3.8) is 0 Å². The van der Waals surface area contributed by atoms with E-state index in [0.29, 0.717) is 50.2 Å². The average molecular weight is 515 g/mol. The number of ketones is 1. The quantitative estimate of drug-likeness (QED) is 0.446. The van der Waals surface area contributed by atoms with Crippen LogP contribution in [0.5, 0.6) is 0 Å². The molecule has 2 aromatic rings. The molecule has 2 atom stereocenters. The van der Waals surface area contributed by atoms with Gasteiger partial charge < -0.3 is 5.11 Å². The van der Waals surface area contributed by atoms with Gasteiger partial charge >= 0.3 is 5.97 Å². The first-order valence-corrected chi connectivity index (χ1v) is 13.2. The number of likely N-dealkylation sites (tertiary alicyclic amines) is 1. The summed E-state index contributed by atoms with van der Waals surface area (Å²) in [7, 11) is 0. The Bertz CT molecular complexity index is 1150. The molecule has 1 N–H and O–H groups in total. The van der Waals surface area contributed by atoms with Gasteiger partial charge in [-0.05, 0) is 49.8 Å². The van der Waals surface area contributed by atoms with Crippen molar-refractivity contribution < 1.29 is 23.9 Å². The number of halogens is 1. The molecule has 1 aliphatic carbocycles. The molecule has 4 rings (SSSR count). The van der Waals surface area contributed by atoms with Crippen LogP contribution in [0.15, 0.2) is 36.0 Å². The normalized spacial score (nSPS) is 20.4. The van der Waals surface area contributed by atoms with E-state index in [4.69, 9.17) is 5.11 Å². The Labute approximate surface area is 213 Å². The molecule has 8 nitrogen and oxygen atoms in total. The highest BCUT2D eigenvalue weighted by Crippen LogP contribution is 2.40. The van der Waals surface area contributed by atoms with Gasteiger partial charge in [-0.2, -0.15) is 0 Å². The van der Waals surface area contributed by atoms with Crippen LogP contribution < -0.4 is 0 Å². The molecular formula is C26H31FN4O4S. The van der Waals surface area contributed by atoms with E-state index in [1.54, 1.807) is 36.0 Å². The van der Waals surface area contributed by atoms with E-state index in [1.807, 2.05) is 11.0 Å². The molecule has 36 heavy (non-hydrogen) atoms. The largest absolute Gasteiger partial charge is 0.481 e. The summed E-state index contributed by atoms with van der Waals surface area (Å²) < 4.78 is 16.5. The lowest BCUT2D eigenvalue weighted by Gasteiger charge is -2.38. The monoisotopic (exact) mass is 514 g/mol. The number of rotatable bonds is 11. The Morgan fingerprint density at radius 1 is 1.22 bits per heavy atom. The molecule has 0 bridgehead atoms. The van der Waals surface area contributed by atoms with Crippen molar-refractivity contribution >= 4 is 34.7 Å². The Morgan fingerprint density at radius 3 is 2.69 bits per heavy atom. The van der Waals surface area contributed by atoms with E-state index in [2.05, 4.69) is 10.3 Å². The van der Waals surface area contributed by atoms with Crippen LogP contribution in [0.3, 0.4) is 0 Å². The lowest BCUT2D eigenvalue weighted by atomic mass is 9.93. The van der Waals surface area contributed by atoms with Gasteiger partial charge in [0.15, 0.2) is 10.9 Å². The first-order valence-electron chi connectivity index (χ1n) is 12.3. The molecule has 2 aliphatic rings. The zero-order valence-electron chi connectivity index (χ0n) is 20.3. The van der Waals surface area contributed by atoms with Crippen LogP contribution in [0.4, 0.5) is 4.39 Å². The third-order valence-electron chi connectivity index (χ3n) is 6.52. The molecule has 0 radical (unpaired) electrons. The highest BCUT2D eigenvalue weighted by Gasteiger charge is 2.41. The Morgan fingerprint density at radius 2 is 2.00 bits per heavy atom. The van der Waals surface area contributed by atoms with E-state index in [1.165, 1.54) is 17.8 Å². The molecule has 2 heterocycles. The van der Waals surface area contributed by atoms with Crippen LogP contribution in [0.25, 0.3) is 6.08 Å². The molecule has 1 saturated heterocycles. The van der Waals surface area contributed by atoms with E-state index < -0.39 is 12.0 Å². The number of aromatic nitrogens is 3. The van der Waals surface area contributed by atoms with Crippen molar-refractivity contribution in [2.75, 3.05) is 13.1 Å². The maximum absolute atomic E-state index is 14.8. The van der Waals surface area contributed by atoms with Crippen molar-refractivity contribution in [3.05, 3.63) is 53.1 Å². The van der Waals surface area contributed by atoms with Crippen LogP contribution >= 0.6 is 11.8 Å². The van der Waals surface area contributed by atoms with Gasteiger partial charge in [0, 0.05) is 49.7 Å². The second-order valence-electron chi connectivity index (χ2n) is 9.43. The van der Waals surface area contributed by atoms with Crippen molar-refractivity contribution in [2.45, 2.75) is 63.3 Å². The number of benzene rings is 1. The number of Topliss-reactive ketones (excluding diaryl/α,β-unsaturated/α-hetero) is 1. The molecule has 1 aromatic heterocycles. The minimum atomic E-state index is -0.816. The third kappa shape index (κ3) is 6.88. The van der Waals surface area contributed by atoms with E-state index in [0.717, 1.165) is 18.4 Å². The second kappa shape index (κ2) is 11.9. The zero-order valence-corrected chi connectivity index (χ0v) is 21.1. The fourth-order valence-corrected chi connectivity index (χ4v) is 5.54. The van der Waals surface area contributed by atoms with Crippen LogP contribution in [0, 0.1) is 11.7 Å². The number of carbonyl (C=O) groups is 3. The molecule has 192 valence electrons. The Balaban J connectivity index is 1.55. The molecule has 1 aromatic carbocycles. The molecular weight excluding hydrogens is 483 g/mol. The molecule has 0 spiro atoms. The zero-order chi connectivity index (χ0) is 25.7. The molecule has 10 heteroatoms. The summed E-state index contributed by atoms with van der Waals surface area (Å²) in [5.41, 5.74) is 1.98. The summed E-state index contributed by atoms with van der Waals surface area (Å²) in [5.74, 6) is -1.16. The number of unbranched alkanes of at least 4 members (excludes halogenated alkanes) is 1. The summed E-state index contributed by atoms with van der Waals surface area (Å²) in [4.78, 5) is 38.0. The molecule has 1 saturated carbocycles. The summed E-state index contributed by atoms with van der Waals surface area (Å²) in [6.07, 6.45) is 7.41. The second-order valence-corrected chi connectivity index (χ2v) is 10.8. The Hall–Kier alpha value is -2.85. The number of carboxylic acids is 1. The van der Waals surface area contributed by atoms with E-state index >= 15 is 0 Å². The topological polar surface area (TPSA) is 105 Å². The number of nitrogens with zero attached hydrogens (tertiary/aromatic N) is 4. The van der Waals surface area contributed by atoms with Crippen molar-refractivity contribution in [1.82, 2.24) is 19.9 Å². The van der Waals surface area contributed by atoms with Gasteiger partial charge in [-0.1, -0.05) is 35.2 Å².